The number of rotatable bonds is 4. The molecule has 20 heavy (non-hydrogen) atoms. The largest absolute Gasteiger partial charge is 0.386 e. The first-order valence-corrected chi connectivity index (χ1v) is 8.38. The van der Waals surface area contributed by atoms with Crippen LogP contribution in [0.3, 0.4) is 0 Å². The lowest BCUT2D eigenvalue weighted by molar-refractivity contribution is 0.434. The Morgan fingerprint density at radius 2 is 1.65 bits per heavy atom. The molecular formula is C14H21N3O2S. The average molecular weight is 295 g/mol. The van der Waals surface area contributed by atoms with E-state index in [-0.39, 0.29) is 10.7 Å². The van der Waals surface area contributed by atoms with Crippen LogP contribution in [0.1, 0.15) is 38.5 Å². The molecule has 2 rings (SSSR count). The fourth-order valence-corrected chi connectivity index (χ4v) is 4.14. The predicted octanol–water partition coefficient (Wildman–Crippen LogP) is 1.99. The van der Waals surface area contributed by atoms with E-state index in [4.69, 9.17) is 11.1 Å². The van der Waals surface area contributed by atoms with E-state index < -0.39 is 15.6 Å². The highest BCUT2D eigenvalue weighted by Crippen LogP contribution is 2.28. The van der Waals surface area contributed by atoms with Gasteiger partial charge < -0.3 is 5.73 Å². The molecule has 0 heterocycles. The highest BCUT2D eigenvalue weighted by molar-refractivity contribution is 7.89. The average Bonchev–Trinajstić information content (AvgIpc) is 2.66. The quantitative estimate of drug-likeness (QED) is 0.450. The number of hydrogen-bond acceptors (Lipinski definition) is 3. The van der Waals surface area contributed by atoms with E-state index >= 15 is 0 Å². The van der Waals surface area contributed by atoms with Gasteiger partial charge in [-0.3, -0.25) is 5.41 Å². The Labute approximate surface area is 120 Å². The van der Waals surface area contributed by atoms with Gasteiger partial charge in [0.2, 0.25) is 10.0 Å². The molecule has 1 aromatic carbocycles. The maximum atomic E-state index is 12.5. The first kappa shape index (κ1) is 15.0. The first-order chi connectivity index (χ1) is 9.46. The maximum Gasteiger partial charge on any atom is 0.241 e. The number of benzene rings is 1. The lowest BCUT2D eigenvalue weighted by atomic mass is 9.90. The second-order valence-electron chi connectivity index (χ2n) is 5.33. The molecule has 4 N–H and O–H groups in total. The molecule has 1 aliphatic carbocycles. The Bertz CT molecular complexity index is 561. The Morgan fingerprint density at radius 1 is 1.10 bits per heavy atom. The van der Waals surface area contributed by atoms with E-state index in [1.807, 2.05) is 0 Å². The zero-order valence-corrected chi connectivity index (χ0v) is 12.2. The van der Waals surface area contributed by atoms with Crippen molar-refractivity contribution in [2.75, 3.05) is 0 Å². The summed E-state index contributed by atoms with van der Waals surface area (Å²) in [7, 11) is -3.65. The molecule has 0 amide bonds. The van der Waals surface area contributed by atoms with Crippen molar-refractivity contribution in [3.63, 3.8) is 0 Å². The van der Waals surface area contributed by atoms with Gasteiger partial charge >= 0.3 is 0 Å². The second-order valence-corrected chi connectivity index (χ2v) is 7.01. The molecule has 1 saturated carbocycles. The third-order valence-corrected chi connectivity index (χ3v) is 5.41. The SMILES string of the molecule is N=C(N)C1(NS(=O)(=O)c2ccccc2)CCCCCC1. The Kier molecular flexibility index (Phi) is 4.45. The van der Waals surface area contributed by atoms with Gasteiger partial charge in [-0.25, -0.2) is 8.42 Å². The van der Waals surface area contributed by atoms with Crippen molar-refractivity contribution in [1.82, 2.24) is 4.72 Å². The summed E-state index contributed by atoms with van der Waals surface area (Å²) in [5.41, 5.74) is 4.79. The van der Waals surface area contributed by atoms with Gasteiger partial charge in [-0.15, -0.1) is 0 Å². The number of nitrogens with one attached hydrogen (secondary N) is 2. The summed E-state index contributed by atoms with van der Waals surface area (Å²) in [6.45, 7) is 0. The molecular weight excluding hydrogens is 274 g/mol. The van der Waals surface area contributed by atoms with Gasteiger partial charge in [-0.1, -0.05) is 43.9 Å². The van der Waals surface area contributed by atoms with Crippen LogP contribution < -0.4 is 10.5 Å². The van der Waals surface area contributed by atoms with E-state index in [0.29, 0.717) is 12.8 Å². The summed E-state index contributed by atoms with van der Waals surface area (Å²) < 4.78 is 27.6. The molecule has 0 aliphatic heterocycles. The van der Waals surface area contributed by atoms with E-state index in [0.717, 1.165) is 25.7 Å². The summed E-state index contributed by atoms with van der Waals surface area (Å²) in [5.74, 6) is -0.0843. The normalized spacial score (nSPS) is 19.2. The molecule has 1 fully saturated rings. The Hall–Kier alpha value is -1.40. The lowest BCUT2D eigenvalue weighted by Gasteiger charge is -2.32. The summed E-state index contributed by atoms with van der Waals surface area (Å²) in [6.07, 6.45) is 5.07. The van der Waals surface area contributed by atoms with Crippen molar-refractivity contribution in [3.8, 4) is 0 Å². The molecule has 1 aliphatic rings. The minimum absolute atomic E-state index is 0.0843. The second kappa shape index (κ2) is 5.93. The van der Waals surface area contributed by atoms with Crippen LogP contribution in [0.5, 0.6) is 0 Å². The first-order valence-electron chi connectivity index (χ1n) is 6.90. The van der Waals surface area contributed by atoms with Crippen molar-refractivity contribution in [2.24, 2.45) is 5.73 Å². The van der Waals surface area contributed by atoms with Crippen LogP contribution in [0.15, 0.2) is 35.2 Å². The third kappa shape index (κ3) is 3.19. The topological polar surface area (TPSA) is 96.0 Å². The minimum Gasteiger partial charge on any atom is -0.386 e. The zero-order chi connectivity index (χ0) is 14.6. The lowest BCUT2D eigenvalue weighted by Crippen LogP contribution is -2.56. The molecule has 0 radical (unpaired) electrons. The molecule has 6 heteroatoms. The van der Waals surface area contributed by atoms with E-state index in [9.17, 15) is 8.42 Å². The Morgan fingerprint density at radius 3 is 2.15 bits per heavy atom. The number of sulfonamides is 1. The van der Waals surface area contributed by atoms with Crippen molar-refractivity contribution < 1.29 is 8.42 Å². The highest BCUT2D eigenvalue weighted by Gasteiger charge is 2.38. The van der Waals surface area contributed by atoms with Gasteiger partial charge in [0.15, 0.2) is 0 Å². The number of nitrogens with two attached hydrogens (primary N) is 1. The smallest absolute Gasteiger partial charge is 0.241 e. The molecule has 0 unspecified atom stereocenters. The third-order valence-electron chi connectivity index (χ3n) is 3.86. The van der Waals surface area contributed by atoms with Crippen molar-refractivity contribution in [3.05, 3.63) is 30.3 Å². The van der Waals surface area contributed by atoms with Crippen LogP contribution in [-0.2, 0) is 10.0 Å². The molecule has 0 saturated heterocycles. The maximum absolute atomic E-state index is 12.5. The van der Waals surface area contributed by atoms with Gasteiger partial charge in [0.25, 0.3) is 0 Å². The van der Waals surface area contributed by atoms with Gasteiger partial charge in [0, 0.05) is 0 Å². The molecule has 110 valence electrons. The van der Waals surface area contributed by atoms with Gasteiger partial charge in [-0.2, -0.15) is 4.72 Å². The van der Waals surface area contributed by atoms with Crippen LogP contribution in [-0.4, -0.2) is 19.8 Å². The zero-order valence-electron chi connectivity index (χ0n) is 11.4. The highest BCUT2D eigenvalue weighted by atomic mass is 32.2. The molecule has 1 aromatic rings. The van der Waals surface area contributed by atoms with E-state index in [1.54, 1.807) is 30.3 Å². The fourth-order valence-electron chi connectivity index (χ4n) is 2.67. The molecule has 0 bridgehead atoms. The predicted molar refractivity (Wildman–Crippen MR) is 79.1 cm³/mol. The van der Waals surface area contributed by atoms with Crippen molar-refractivity contribution in [1.29, 1.82) is 5.41 Å². The summed E-state index contributed by atoms with van der Waals surface area (Å²) >= 11 is 0. The summed E-state index contributed by atoms with van der Waals surface area (Å²) in [4.78, 5) is 0.213. The summed E-state index contributed by atoms with van der Waals surface area (Å²) in [6, 6.07) is 8.23. The van der Waals surface area contributed by atoms with Crippen LogP contribution in [0.4, 0.5) is 0 Å². The summed E-state index contributed by atoms with van der Waals surface area (Å²) in [5, 5.41) is 7.83. The van der Waals surface area contributed by atoms with E-state index in [2.05, 4.69) is 4.72 Å². The van der Waals surface area contributed by atoms with E-state index in [1.165, 1.54) is 0 Å². The molecule has 0 aromatic heterocycles. The van der Waals surface area contributed by atoms with Gasteiger partial charge in [-0.05, 0) is 25.0 Å². The standard InChI is InChI=1S/C14H21N3O2S/c15-13(16)14(10-6-1-2-7-11-14)17-20(18,19)12-8-4-3-5-9-12/h3-5,8-9,17H,1-2,6-7,10-11H2,(H3,15,16). The minimum atomic E-state index is -3.65. The monoisotopic (exact) mass is 295 g/mol. The van der Waals surface area contributed by atoms with Crippen LogP contribution in [0, 0.1) is 5.41 Å². The van der Waals surface area contributed by atoms with Crippen molar-refractivity contribution >= 4 is 15.9 Å². The molecule has 0 atom stereocenters. The molecule has 5 nitrogen and oxygen atoms in total. The fraction of sp³-hybridized carbons (Fsp3) is 0.500. The Balaban J connectivity index is 2.30. The number of hydrogen-bond donors (Lipinski definition) is 3. The van der Waals surface area contributed by atoms with Crippen molar-refractivity contribution in [2.45, 2.75) is 49.0 Å². The van der Waals surface area contributed by atoms with Crippen LogP contribution in [0.2, 0.25) is 0 Å². The van der Waals surface area contributed by atoms with Crippen LogP contribution in [0.25, 0.3) is 0 Å². The number of amidine groups is 1. The van der Waals surface area contributed by atoms with Gasteiger partial charge in [0.1, 0.15) is 5.84 Å². The van der Waals surface area contributed by atoms with Gasteiger partial charge in [0.05, 0.1) is 10.4 Å². The molecule has 0 spiro atoms. The van der Waals surface area contributed by atoms with Crippen LogP contribution >= 0.6 is 0 Å².